The lowest BCUT2D eigenvalue weighted by Crippen LogP contribution is -2.02. The highest BCUT2D eigenvalue weighted by atomic mass is 32.1. The fraction of sp³-hybridized carbons (Fsp3) is 0.400. The third-order valence-corrected chi connectivity index (χ3v) is 4.76. The summed E-state index contributed by atoms with van der Waals surface area (Å²) in [6, 6.07) is 4.69. The van der Waals surface area contributed by atoms with E-state index in [1.165, 1.54) is 18.9 Å². The van der Waals surface area contributed by atoms with Gasteiger partial charge in [-0.1, -0.05) is 18.9 Å². The lowest BCUT2D eigenvalue weighted by Gasteiger charge is -2.05. The van der Waals surface area contributed by atoms with Gasteiger partial charge >= 0.3 is 5.97 Å². The molecule has 1 fully saturated rings. The second-order valence-electron chi connectivity index (χ2n) is 5.11. The highest BCUT2D eigenvalue weighted by molar-refractivity contribution is 7.21. The number of halogens is 1. The second-order valence-corrected chi connectivity index (χ2v) is 6.16. The predicted molar refractivity (Wildman–Crippen MR) is 75.7 cm³/mol. The first-order valence-electron chi connectivity index (χ1n) is 6.67. The molecule has 0 bridgehead atoms. The molecule has 1 aromatic heterocycles. The molecule has 20 heavy (non-hydrogen) atoms. The molecule has 2 aromatic rings. The van der Waals surface area contributed by atoms with Crippen LogP contribution < -0.4 is 0 Å². The lowest BCUT2D eigenvalue weighted by atomic mass is 10.1. The van der Waals surface area contributed by atoms with Crippen LogP contribution in [0, 0.1) is 11.7 Å². The maximum Gasteiger partial charge on any atom is 0.346 e. The Morgan fingerprint density at radius 2 is 2.25 bits per heavy atom. The largest absolute Gasteiger partial charge is 0.477 e. The molecular weight excluding hydrogens is 279 g/mol. The zero-order valence-electron chi connectivity index (χ0n) is 10.9. The highest BCUT2D eigenvalue weighted by Gasteiger charge is 2.22. The Labute approximate surface area is 120 Å². The SMILES string of the molecule is O=C(O)c1sc2cccc(F)c2c1COCCC1CC1. The van der Waals surface area contributed by atoms with Gasteiger partial charge in [-0.2, -0.15) is 0 Å². The molecule has 1 aliphatic carbocycles. The number of rotatable bonds is 6. The highest BCUT2D eigenvalue weighted by Crippen LogP contribution is 2.35. The molecule has 0 saturated heterocycles. The Kier molecular flexibility index (Phi) is 3.72. The smallest absolute Gasteiger partial charge is 0.346 e. The van der Waals surface area contributed by atoms with Gasteiger partial charge in [-0.3, -0.25) is 0 Å². The first kappa shape index (κ1) is 13.5. The van der Waals surface area contributed by atoms with E-state index in [2.05, 4.69) is 0 Å². The Balaban J connectivity index is 1.85. The van der Waals surface area contributed by atoms with Crippen LogP contribution in [0.5, 0.6) is 0 Å². The van der Waals surface area contributed by atoms with Crippen molar-refractivity contribution < 1.29 is 19.0 Å². The Bertz CT molecular complexity index is 646. The number of benzene rings is 1. The number of ether oxygens (including phenoxy) is 1. The van der Waals surface area contributed by atoms with E-state index in [1.54, 1.807) is 12.1 Å². The van der Waals surface area contributed by atoms with Gasteiger partial charge in [0.1, 0.15) is 10.7 Å². The number of carbonyl (C=O) groups is 1. The average Bonchev–Trinajstić information content (AvgIpc) is 3.15. The van der Waals surface area contributed by atoms with Gasteiger partial charge in [-0.25, -0.2) is 9.18 Å². The van der Waals surface area contributed by atoms with E-state index in [0.717, 1.165) is 23.7 Å². The monoisotopic (exact) mass is 294 g/mol. The van der Waals surface area contributed by atoms with Crippen LogP contribution in [0.15, 0.2) is 18.2 Å². The normalized spacial score (nSPS) is 14.8. The standard InChI is InChI=1S/C15H15FO3S/c16-11-2-1-3-12-13(11)10(14(20-12)15(17)18)8-19-7-6-9-4-5-9/h1-3,9H,4-8H2,(H,17,18). The van der Waals surface area contributed by atoms with Gasteiger partial charge in [-0.15, -0.1) is 11.3 Å². The van der Waals surface area contributed by atoms with Gasteiger partial charge in [0.05, 0.1) is 6.61 Å². The molecule has 3 rings (SSSR count). The maximum atomic E-state index is 13.9. The van der Waals surface area contributed by atoms with E-state index in [1.807, 2.05) is 0 Å². The number of hydrogen-bond acceptors (Lipinski definition) is 3. The van der Waals surface area contributed by atoms with Gasteiger partial charge in [0.15, 0.2) is 0 Å². The Morgan fingerprint density at radius 1 is 1.45 bits per heavy atom. The van der Waals surface area contributed by atoms with Crippen molar-refractivity contribution in [2.45, 2.75) is 25.9 Å². The van der Waals surface area contributed by atoms with Crippen LogP contribution in [-0.2, 0) is 11.3 Å². The van der Waals surface area contributed by atoms with Crippen molar-refractivity contribution in [1.29, 1.82) is 0 Å². The van der Waals surface area contributed by atoms with Crippen LogP contribution in [0.1, 0.15) is 34.5 Å². The quantitative estimate of drug-likeness (QED) is 0.817. The lowest BCUT2D eigenvalue weighted by molar-refractivity contribution is 0.0693. The first-order chi connectivity index (χ1) is 9.66. The molecule has 1 aliphatic rings. The fourth-order valence-electron chi connectivity index (χ4n) is 2.31. The van der Waals surface area contributed by atoms with E-state index < -0.39 is 5.97 Å². The van der Waals surface area contributed by atoms with Gasteiger partial charge in [0, 0.05) is 22.3 Å². The van der Waals surface area contributed by atoms with E-state index >= 15 is 0 Å². The molecule has 0 aliphatic heterocycles. The molecule has 0 amide bonds. The molecule has 0 spiro atoms. The maximum absolute atomic E-state index is 13.9. The minimum absolute atomic E-state index is 0.162. The summed E-state index contributed by atoms with van der Waals surface area (Å²) in [5.74, 6) is -0.636. The summed E-state index contributed by atoms with van der Waals surface area (Å²) < 4.78 is 20.1. The molecule has 1 saturated carbocycles. The van der Waals surface area contributed by atoms with Crippen LogP contribution in [0.2, 0.25) is 0 Å². The first-order valence-corrected chi connectivity index (χ1v) is 7.49. The van der Waals surface area contributed by atoms with Gasteiger partial charge in [-0.05, 0) is 24.5 Å². The second kappa shape index (κ2) is 5.50. The average molecular weight is 294 g/mol. The van der Waals surface area contributed by atoms with Crippen molar-refractivity contribution in [3.05, 3.63) is 34.5 Å². The summed E-state index contributed by atoms with van der Waals surface area (Å²) in [5, 5.41) is 9.63. The van der Waals surface area contributed by atoms with Gasteiger partial charge < -0.3 is 9.84 Å². The molecular formula is C15H15FO3S. The third-order valence-electron chi connectivity index (χ3n) is 3.57. The summed E-state index contributed by atoms with van der Waals surface area (Å²) in [5.41, 5.74) is 0.464. The van der Waals surface area contributed by atoms with Gasteiger partial charge in [0.25, 0.3) is 0 Å². The summed E-state index contributed by atoms with van der Waals surface area (Å²) in [4.78, 5) is 11.5. The van der Waals surface area contributed by atoms with Crippen LogP contribution in [0.3, 0.4) is 0 Å². The third kappa shape index (κ3) is 2.69. The van der Waals surface area contributed by atoms with Crippen molar-refractivity contribution in [3.8, 4) is 0 Å². The van der Waals surface area contributed by atoms with E-state index in [0.29, 0.717) is 22.3 Å². The Morgan fingerprint density at radius 3 is 2.95 bits per heavy atom. The van der Waals surface area contributed by atoms with Crippen LogP contribution >= 0.6 is 11.3 Å². The molecule has 5 heteroatoms. The van der Waals surface area contributed by atoms with E-state index in [4.69, 9.17) is 4.74 Å². The van der Waals surface area contributed by atoms with Crippen molar-refractivity contribution in [1.82, 2.24) is 0 Å². The van der Waals surface area contributed by atoms with Crippen molar-refractivity contribution in [3.63, 3.8) is 0 Å². The van der Waals surface area contributed by atoms with Gasteiger partial charge in [0.2, 0.25) is 0 Å². The molecule has 0 unspecified atom stereocenters. The van der Waals surface area contributed by atoms with Crippen molar-refractivity contribution in [2.24, 2.45) is 5.92 Å². The Hall–Kier alpha value is -1.46. The topological polar surface area (TPSA) is 46.5 Å². The zero-order chi connectivity index (χ0) is 14.1. The van der Waals surface area contributed by atoms with Crippen LogP contribution in [0.25, 0.3) is 10.1 Å². The number of thiophene rings is 1. The van der Waals surface area contributed by atoms with E-state index in [-0.39, 0.29) is 17.3 Å². The van der Waals surface area contributed by atoms with Crippen LogP contribution in [-0.4, -0.2) is 17.7 Å². The van der Waals surface area contributed by atoms with Crippen molar-refractivity contribution >= 4 is 27.4 Å². The number of carboxylic acid groups (broad SMARTS) is 1. The molecule has 1 aromatic carbocycles. The number of hydrogen-bond donors (Lipinski definition) is 1. The number of fused-ring (bicyclic) bond motifs is 1. The molecule has 0 radical (unpaired) electrons. The zero-order valence-corrected chi connectivity index (χ0v) is 11.7. The molecule has 3 nitrogen and oxygen atoms in total. The fourth-order valence-corrected chi connectivity index (χ4v) is 3.37. The summed E-state index contributed by atoms with van der Waals surface area (Å²) in [6.07, 6.45) is 3.53. The summed E-state index contributed by atoms with van der Waals surface area (Å²) in [7, 11) is 0. The van der Waals surface area contributed by atoms with Crippen molar-refractivity contribution in [2.75, 3.05) is 6.61 Å². The van der Waals surface area contributed by atoms with Crippen LogP contribution in [0.4, 0.5) is 4.39 Å². The molecule has 0 atom stereocenters. The minimum atomic E-state index is -1.02. The number of aromatic carboxylic acids is 1. The number of carboxylic acids is 1. The summed E-state index contributed by atoms with van der Waals surface area (Å²) in [6.45, 7) is 0.769. The minimum Gasteiger partial charge on any atom is -0.477 e. The predicted octanol–water partition coefficient (Wildman–Crippen LogP) is 4.06. The molecule has 106 valence electrons. The van der Waals surface area contributed by atoms with E-state index in [9.17, 15) is 14.3 Å². The summed E-state index contributed by atoms with van der Waals surface area (Å²) >= 11 is 1.10. The molecule has 1 heterocycles. The molecule has 1 N–H and O–H groups in total.